The Morgan fingerprint density at radius 1 is 1.06 bits per heavy atom. The molecule has 1 amide bonds. The van der Waals surface area contributed by atoms with Crippen LogP contribution in [0.4, 0.5) is 22.0 Å². The summed E-state index contributed by atoms with van der Waals surface area (Å²) in [6.07, 6.45) is 0.920. The van der Waals surface area contributed by atoms with E-state index in [0.717, 1.165) is 26.6 Å². The number of phenols is 1. The summed E-state index contributed by atoms with van der Waals surface area (Å²) < 4.78 is 4.71. The lowest BCUT2D eigenvalue weighted by atomic mass is 10.1. The zero-order valence-electron chi connectivity index (χ0n) is 18.4. The van der Waals surface area contributed by atoms with Crippen LogP contribution >= 0.6 is 11.8 Å². The summed E-state index contributed by atoms with van der Waals surface area (Å²) in [5.74, 6) is 1.09. The first-order chi connectivity index (χ1) is 15.9. The number of amides is 1. The Morgan fingerprint density at radius 2 is 1.85 bits per heavy atom. The van der Waals surface area contributed by atoms with E-state index < -0.39 is 6.09 Å². The van der Waals surface area contributed by atoms with Gasteiger partial charge in [-0.3, -0.25) is 5.32 Å². The Balaban J connectivity index is 1.73. The van der Waals surface area contributed by atoms with Gasteiger partial charge in [0.25, 0.3) is 0 Å². The number of carbonyl (C=O) groups is 1. The predicted octanol–water partition coefficient (Wildman–Crippen LogP) is 5.93. The lowest BCUT2D eigenvalue weighted by molar-refractivity contribution is 0.187. The van der Waals surface area contributed by atoms with Crippen LogP contribution in [0.15, 0.2) is 70.7 Å². The number of benzene rings is 2. The number of nitrogens with zero attached hydrogens (tertiary/aromatic N) is 3. The molecule has 0 aliphatic heterocycles. The Hall–Kier alpha value is -3.85. The van der Waals surface area contributed by atoms with E-state index in [1.54, 1.807) is 18.2 Å². The fourth-order valence-corrected chi connectivity index (χ4v) is 3.99. The van der Waals surface area contributed by atoms with Crippen molar-refractivity contribution >= 4 is 46.1 Å². The van der Waals surface area contributed by atoms with Crippen molar-refractivity contribution in [1.82, 2.24) is 15.0 Å². The Kier molecular flexibility index (Phi) is 6.60. The molecule has 0 saturated carbocycles. The zero-order chi connectivity index (χ0) is 23.4. The number of hydrogen-bond donors (Lipinski definition) is 3. The van der Waals surface area contributed by atoms with Gasteiger partial charge in [0, 0.05) is 21.2 Å². The fourth-order valence-electron chi connectivity index (χ4n) is 3.11. The molecule has 2 aromatic heterocycles. The van der Waals surface area contributed by atoms with Crippen LogP contribution in [0, 0.1) is 0 Å². The van der Waals surface area contributed by atoms with Gasteiger partial charge in [-0.15, -0.1) is 0 Å². The SMILES string of the molecule is COC(=O)Nc1ccc(Sc2ccc(O)cc2)c(Nc2ncnc3nc(C(C)C)ccc23)c1. The van der Waals surface area contributed by atoms with Gasteiger partial charge >= 0.3 is 6.09 Å². The van der Waals surface area contributed by atoms with E-state index >= 15 is 0 Å². The molecule has 168 valence electrons. The quantitative estimate of drug-likeness (QED) is 0.324. The third-order valence-corrected chi connectivity index (χ3v) is 5.92. The first kappa shape index (κ1) is 22.3. The predicted molar refractivity (Wildman–Crippen MR) is 129 cm³/mol. The number of fused-ring (bicyclic) bond motifs is 1. The lowest BCUT2D eigenvalue weighted by Gasteiger charge is -2.15. The molecule has 0 spiro atoms. The largest absolute Gasteiger partial charge is 0.508 e. The number of pyridine rings is 1. The third kappa shape index (κ3) is 5.32. The molecule has 0 atom stereocenters. The number of rotatable bonds is 6. The van der Waals surface area contributed by atoms with Crippen LogP contribution < -0.4 is 10.6 Å². The van der Waals surface area contributed by atoms with Crippen molar-refractivity contribution in [3.63, 3.8) is 0 Å². The highest BCUT2D eigenvalue weighted by Crippen LogP contribution is 2.37. The molecule has 9 heteroatoms. The van der Waals surface area contributed by atoms with Crippen LogP contribution in [0.5, 0.6) is 5.75 Å². The number of phenolic OH excluding ortho intramolecular Hbond substituents is 1. The molecular formula is C24H23N5O3S. The molecule has 0 saturated heterocycles. The van der Waals surface area contributed by atoms with Gasteiger partial charge in [0.1, 0.15) is 17.9 Å². The van der Waals surface area contributed by atoms with Crippen molar-refractivity contribution in [3.05, 3.63) is 66.6 Å². The highest BCUT2D eigenvalue weighted by Gasteiger charge is 2.13. The standard InChI is InChI=1S/C24H23N5O3S/c1-14(2)19-10-9-18-22(28-19)25-13-26-23(18)29-20-12-15(27-24(31)32-3)4-11-21(20)33-17-7-5-16(30)6-8-17/h4-14,30H,1-3H3,(H,27,31)(H,25,26,28,29). The monoisotopic (exact) mass is 461 g/mol. The zero-order valence-corrected chi connectivity index (χ0v) is 19.2. The second kappa shape index (κ2) is 9.74. The molecule has 4 aromatic rings. The number of hydrogen-bond acceptors (Lipinski definition) is 8. The van der Waals surface area contributed by atoms with Gasteiger partial charge in [-0.2, -0.15) is 0 Å². The molecule has 2 aromatic carbocycles. The van der Waals surface area contributed by atoms with E-state index in [9.17, 15) is 9.90 Å². The maximum Gasteiger partial charge on any atom is 0.411 e. The highest BCUT2D eigenvalue weighted by molar-refractivity contribution is 7.99. The molecule has 0 unspecified atom stereocenters. The molecule has 0 bridgehead atoms. The van der Waals surface area contributed by atoms with Gasteiger partial charge in [-0.1, -0.05) is 25.6 Å². The van der Waals surface area contributed by atoms with Crippen LogP contribution in [0.2, 0.25) is 0 Å². The molecule has 33 heavy (non-hydrogen) atoms. The van der Waals surface area contributed by atoms with Gasteiger partial charge in [0.15, 0.2) is 5.65 Å². The summed E-state index contributed by atoms with van der Waals surface area (Å²) in [7, 11) is 1.31. The van der Waals surface area contributed by atoms with Crippen LogP contribution in [-0.2, 0) is 4.74 Å². The molecule has 3 N–H and O–H groups in total. The molecule has 4 rings (SSSR count). The third-order valence-electron chi connectivity index (χ3n) is 4.84. The van der Waals surface area contributed by atoms with Gasteiger partial charge in [0.2, 0.25) is 0 Å². The second-order valence-corrected chi connectivity index (χ2v) is 8.65. The van der Waals surface area contributed by atoms with E-state index in [1.165, 1.54) is 25.2 Å². The maximum atomic E-state index is 11.7. The Labute approximate surface area is 195 Å². The molecule has 8 nitrogen and oxygen atoms in total. The number of aromatic hydroxyl groups is 1. The van der Waals surface area contributed by atoms with Crippen molar-refractivity contribution in [2.75, 3.05) is 17.7 Å². The highest BCUT2D eigenvalue weighted by atomic mass is 32.2. The summed E-state index contributed by atoms with van der Waals surface area (Å²) >= 11 is 1.51. The fraction of sp³-hybridized carbons (Fsp3) is 0.167. The van der Waals surface area contributed by atoms with Crippen molar-refractivity contribution < 1.29 is 14.6 Å². The number of aromatic nitrogens is 3. The minimum atomic E-state index is -0.558. The first-order valence-corrected chi connectivity index (χ1v) is 11.1. The van der Waals surface area contributed by atoms with Gasteiger partial charge in [-0.25, -0.2) is 19.7 Å². The van der Waals surface area contributed by atoms with Crippen LogP contribution in [0.3, 0.4) is 0 Å². The van der Waals surface area contributed by atoms with Crippen LogP contribution in [-0.4, -0.2) is 33.3 Å². The molecular weight excluding hydrogens is 438 g/mol. The topological polar surface area (TPSA) is 109 Å². The van der Waals surface area contributed by atoms with Crippen molar-refractivity contribution in [3.8, 4) is 5.75 Å². The summed E-state index contributed by atoms with van der Waals surface area (Å²) in [4.78, 5) is 27.0. The molecule has 0 fully saturated rings. The van der Waals surface area contributed by atoms with Crippen molar-refractivity contribution in [2.24, 2.45) is 0 Å². The minimum absolute atomic E-state index is 0.205. The average molecular weight is 462 g/mol. The number of carbonyl (C=O) groups excluding carboxylic acids is 1. The summed E-state index contributed by atoms with van der Waals surface area (Å²) in [5, 5.41) is 16.4. The van der Waals surface area contributed by atoms with Gasteiger partial charge < -0.3 is 15.2 Å². The van der Waals surface area contributed by atoms with Crippen molar-refractivity contribution in [2.45, 2.75) is 29.6 Å². The van der Waals surface area contributed by atoms with E-state index in [-0.39, 0.29) is 11.7 Å². The van der Waals surface area contributed by atoms with E-state index in [4.69, 9.17) is 4.74 Å². The lowest BCUT2D eigenvalue weighted by Crippen LogP contribution is -2.11. The van der Waals surface area contributed by atoms with Gasteiger partial charge in [-0.05, 0) is 60.5 Å². The number of methoxy groups -OCH3 is 1. The van der Waals surface area contributed by atoms with E-state index in [0.29, 0.717) is 17.2 Å². The number of nitrogens with one attached hydrogen (secondary N) is 2. The van der Waals surface area contributed by atoms with Gasteiger partial charge in [0.05, 0.1) is 18.2 Å². The maximum absolute atomic E-state index is 11.7. The Morgan fingerprint density at radius 3 is 2.58 bits per heavy atom. The van der Waals surface area contributed by atoms with Crippen LogP contribution in [0.1, 0.15) is 25.5 Å². The van der Waals surface area contributed by atoms with Crippen LogP contribution in [0.25, 0.3) is 11.0 Å². The number of ether oxygens (including phenoxy) is 1. The first-order valence-electron chi connectivity index (χ1n) is 10.3. The Bertz CT molecular complexity index is 1300. The van der Waals surface area contributed by atoms with Crippen molar-refractivity contribution in [1.29, 1.82) is 0 Å². The average Bonchev–Trinajstić information content (AvgIpc) is 2.81. The van der Waals surface area contributed by atoms with E-state index in [1.807, 2.05) is 36.4 Å². The molecule has 0 aliphatic rings. The normalized spacial score (nSPS) is 10.9. The second-order valence-electron chi connectivity index (χ2n) is 7.53. The summed E-state index contributed by atoms with van der Waals surface area (Å²) in [6.45, 7) is 4.17. The minimum Gasteiger partial charge on any atom is -0.508 e. The smallest absolute Gasteiger partial charge is 0.411 e. The summed E-state index contributed by atoms with van der Waals surface area (Å²) in [5.41, 5.74) is 2.86. The van der Waals surface area contributed by atoms with E-state index in [2.05, 4.69) is 39.4 Å². The molecule has 0 aliphatic carbocycles. The molecule has 0 radical (unpaired) electrons. The molecule has 2 heterocycles. The number of anilines is 3. The summed E-state index contributed by atoms with van der Waals surface area (Å²) in [6, 6.07) is 16.4.